The number of anilines is 1. The van der Waals surface area contributed by atoms with Crippen molar-refractivity contribution in [3.63, 3.8) is 0 Å². The first kappa shape index (κ1) is 20.9. The van der Waals surface area contributed by atoms with Gasteiger partial charge in [0.05, 0.1) is 18.8 Å². The summed E-state index contributed by atoms with van der Waals surface area (Å²) in [4.78, 5) is 26.2. The van der Waals surface area contributed by atoms with E-state index >= 15 is 0 Å². The number of primary amides is 1. The molecule has 0 radical (unpaired) electrons. The Hall–Kier alpha value is -2.78. The fourth-order valence-corrected chi connectivity index (χ4v) is 3.56. The quantitative estimate of drug-likeness (QED) is 0.575. The fraction of sp³-hybridized carbons (Fsp3) is 0.300. The molecule has 1 aliphatic heterocycles. The van der Waals surface area contributed by atoms with E-state index in [4.69, 9.17) is 10.5 Å². The number of carbonyl (C=O) groups is 2. The van der Waals surface area contributed by atoms with Gasteiger partial charge in [0.1, 0.15) is 11.9 Å². The van der Waals surface area contributed by atoms with Crippen LogP contribution in [-0.4, -0.2) is 61.7 Å². The minimum atomic E-state index is -0.646. The van der Waals surface area contributed by atoms with E-state index in [1.165, 1.54) is 21.0 Å². The molecule has 0 aliphatic carbocycles. The third-order valence-electron chi connectivity index (χ3n) is 4.65. The van der Waals surface area contributed by atoms with Crippen LogP contribution < -0.4 is 10.6 Å². The SMILES string of the molecule is CSc1ccc(-c2ccc(N3C[C@@H](CN(C(N)=O)N(C)C)OC3=O)cc2F)cc1. The third-order valence-corrected chi connectivity index (χ3v) is 5.40. The number of cyclic esters (lactones) is 1. The number of nitrogens with two attached hydrogens (primary N) is 1. The Morgan fingerprint density at radius 1 is 1.28 bits per heavy atom. The van der Waals surface area contributed by atoms with Crippen LogP contribution in [0, 0.1) is 5.82 Å². The van der Waals surface area contributed by atoms with Crippen molar-refractivity contribution in [3.8, 4) is 11.1 Å². The zero-order valence-electron chi connectivity index (χ0n) is 16.5. The molecule has 154 valence electrons. The van der Waals surface area contributed by atoms with Gasteiger partial charge in [-0.2, -0.15) is 0 Å². The highest BCUT2D eigenvalue weighted by Crippen LogP contribution is 2.30. The Balaban J connectivity index is 1.76. The largest absolute Gasteiger partial charge is 0.442 e. The van der Waals surface area contributed by atoms with Gasteiger partial charge in [-0.1, -0.05) is 12.1 Å². The van der Waals surface area contributed by atoms with Crippen LogP contribution >= 0.6 is 11.8 Å². The highest BCUT2D eigenvalue weighted by molar-refractivity contribution is 7.98. The normalized spacial score (nSPS) is 16.2. The van der Waals surface area contributed by atoms with E-state index in [1.54, 1.807) is 38.0 Å². The second kappa shape index (κ2) is 8.71. The van der Waals surface area contributed by atoms with Gasteiger partial charge < -0.3 is 10.5 Å². The molecular formula is C20H23FN4O3S. The molecule has 29 heavy (non-hydrogen) atoms. The molecule has 2 aromatic rings. The van der Waals surface area contributed by atoms with Crippen LogP contribution in [0.5, 0.6) is 0 Å². The highest BCUT2D eigenvalue weighted by Gasteiger charge is 2.35. The van der Waals surface area contributed by atoms with Crippen LogP contribution in [0.4, 0.5) is 19.7 Å². The Bertz CT molecular complexity index is 907. The fourth-order valence-electron chi connectivity index (χ4n) is 3.15. The number of benzene rings is 2. The highest BCUT2D eigenvalue weighted by atomic mass is 32.2. The number of hydrogen-bond acceptors (Lipinski definition) is 5. The van der Waals surface area contributed by atoms with Crippen molar-refractivity contribution in [2.75, 3.05) is 38.3 Å². The lowest BCUT2D eigenvalue weighted by Crippen LogP contribution is -2.49. The number of hydrogen-bond donors (Lipinski definition) is 1. The summed E-state index contributed by atoms with van der Waals surface area (Å²) in [5.41, 5.74) is 6.96. The Morgan fingerprint density at radius 2 is 1.97 bits per heavy atom. The van der Waals surface area contributed by atoms with E-state index in [0.29, 0.717) is 11.3 Å². The third kappa shape index (κ3) is 4.63. The van der Waals surface area contributed by atoms with Crippen molar-refractivity contribution in [2.45, 2.75) is 11.0 Å². The summed E-state index contributed by atoms with van der Waals surface area (Å²) >= 11 is 1.62. The molecule has 2 aromatic carbocycles. The summed E-state index contributed by atoms with van der Waals surface area (Å²) in [6.45, 7) is 0.310. The number of hydrazine groups is 1. The lowest BCUT2D eigenvalue weighted by Gasteiger charge is -2.28. The van der Waals surface area contributed by atoms with Gasteiger partial charge in [-0.25, -0.2) is 19.0 Å². The topological polar surface area (TPSA) is 79.1 Å². The van der Waals surface area contributed by atoms with Gasteiger partial charge in [0.15, 0.2) is 0 Å². The molecule has 1 atom stereocenters. The van der Waals surface area contributed by atoms with Crippen LogP contribution in [0.2, 0.25) is 0 Å². The van der Waals surface area contributed by atoms with Crippen molar-refractivity contribution >= 4 is 29.6 Å². The zero-order chi connectivity index (χ0) is 21.1. The molecular weight excluding hydrogens is 395 g/mol. The molecule has 0 saturated carbocycles. The molecule has 1 aliphatic rings. The summed E-state index contributed by atoms with van der Waals surface area (Å²) in [6, 6.07) is 11.6. The predicted molar refractivity (Wildman–Crippen MR) is 111 cm³/mol. The van der Waals surface area contributed by atoms with E-state index in [0.717, 1.165) is 10.5 Å². The molecule has 3 amide bonds. The predicted octanol–water partition coefficient (Wildman–Crippen LogP) is 3.40. The second-order valence-electron chi connectivity index (χ2n) is 6.78. The van der Waals surface area contributed by atoms with E-state index in [9.17, 15) is 14.0 Å². The molecule has 1 fully saturated rings. The smallest absolute Gasteiger partial charge is 0.414 e. The molecule has 1 heterocycles. The average molecular weight is 418 g/mol. The maximum atomic E-state index is 14.8. The summed E-state index contributed by atoms with van der Waals surface area (Å²) in [5.74, 6) is -0.428. The van der Waals surface area contributed by atoms with Gasteiger partial charge in [0.25, 0.3) is 0 Å². The Labute approximate surface area is 173 Å². The first-order valence-corrected chi connectivity index (χ1v) is 10.2. The van der Waals surface area contributed by atoms with Crippen molar-refractivity contribution in [2.24, 2.45) is 5.73 Å². The van der Waals surface area contributed by atoms with Gasteiger partial charge in [-0.3, -0.25) is 9.91 Å². The monoisotopic (exact) mass is 418 g/mol. The molecule has 0 aromatic heterocycles. The standard InChI is InChI=1S/C20H23FN4O3S/c1-23(2)25(19(22)26)12-15-11-24(20(27)28-15)14-6-9-17(18(21)10-14)13-4-7-16(29-3)8-5-13/h4-10,15H,11-12H2,1-3H3,(H2,22,26)/t15-/m0/s1. The van der Waals surface area contributed by atoms with Crippen molar-refractivity contribution in [3.05, 3.63) is 48.3 Å². The van der Waals surface area contributed by atoms with Crippen LogP contribution in [0.25, 0.3) is 11.1 Å². The van der Waals surface area contributed by atoms with Crippen molar-refractivity contribution in [1.82, 2.24) is 10.0 Å². The van der Waals surface area contributed by atoms with Gasteiger partial charge in [-0.15, -0.1) is 11.8 Å². The van der Waals surface area contributed by atoms with Crippen LogP contribution in [-0.2, 0) is 4.74 Å². The zero-order valence-corrected chi connectivity index (χ0v) is 17.3. The van der Waals surface area contributed by atoms with Crippen LogP contribution in [0.1, 0.15) is 0 Å². The van der Waals surface area contributed by atoms with Gasteiger partial charge in [0.2, 0.25) is 0 Å². The molecule has 1 saturated heterocycles. The molecule has 0 spiro atoms. The minimum absolute atomic E-state index is 0.118. The molecule has 9 heteroatoms. The maximum absolute atomic E-state index is 14.8. The summed E-state index contributed by atoms with van der Waals surface area (Å²) in [6.07, 6.45) is 0.822. The van der Waals surface area contributed by atoms with E-state index < -0.39 is 24.0 Å². The Kier molecular flexibility index (Phi) is 6.29. The first-order valence-electron chi connectivity index (χ1n) is 8.96. The lowest BCUT2D eigenvalue weighted by molar-refractivity contribution is 0.0292. The van der Waals surface area contributed by atoms with Crippen LogP contribution in [0.15, 0.2) is 47.4 Å². The molecule has 0 bridgehead atoms. The summed E-state index contributed by atoms with van der Waals surface area (Å²) in [5, 5.41) is 2.79. The number of urea groups is 1. The van der Waals surface area contributed by atoms with Crippen molar-refractivity contribution in [1.29, 1.82) is 0 Å². The molecule has 3 rings (SSSR count). The lowest BCUT2D eigenvalue weighted by atomic mass is 10.0. The number of ether oxygens (including phenoxy) is 1. The van der Waals surface area contributed by atoms with E-state index in [1.807, 2.05) is 30.5 Å². The molecule has 0 unspecified atom stereocenters. The Morgan fingerprint density at radius 3 is 2.52 bits per heavy atom. The summed E-state index contributed by atoms with van der Waals surface area (Å²) < 4.78 is 20.1. The van der Waals surface area contributed by atoms with E-state index in [2.05, 4.69) is 0 Å². The number of amides is 3. The van der Waals surface area contributed by atoms with E-state index in [-0.39, 0.29) is 13.1 Å². The summed E-state index contributed by atoms with van der Waals surface area (Å²) in [7, 11) is 3.33. The second-order valence-corrected chi connectivity index (χ2v) is 7.66. The number of carbonyl (C=O) groups excluding carboxylic acids is 2. The molecule has 2 N–H and O–H groups in total. The van der Waals surface area contributed by atoms with Gasteiger partial charge in [0, 0.05) is 24.6 Å². The van der Waals surface area contributed by atoms with Crippen LogP contribution in [0.3, 0.4) is 0 Å². The average Bonchev–Trinajstić information content (AvgIpc) is 3.06. The van der Waals surface area contributed by atoms with Crippen molar-refractivity contribution < 1.29 is 18.7 Å². The first-order chi connectivity index (χ1) is 13.8. The number of rotatable bonds is 6. The maximum Gasteiger partial charge on any atom is 0.414 e. The minimum Gasteiger partial charge on any atom is -0.442 e. The number of nitrogens with zero attached hydrogens (tertiary/aromatic N) is 3. The van der Waals surface area contributed by atoms with Gasteiger partial charge >= 0.3 is 12.1 Å². The molecule has 7 nitrogen and oxygen atoms in total. The van der Waals surface area contributed by atoms with Gasteiger partial charge in [-0.05, 0) is 42.2 Å². The number of thioether (sulfide) groups is 1. The number of halogens is 1.